The molecule has 3 saturated heterocycles. The maximum Gasteiger partial charge on any atom is 0.407 e. The molecule has 7 heterocycles. The van der Waals surface area contributed by atoms with E-state index in [2.05, 4.69) is 27.2 Å². The van der Waals surface area contributed by atoms with Crippen molar-refractivity contribution >= 4 is 34.6 Å². The van der Waals surface area contributed by atoms with Gasteiger partial charge in [-0.25, -0.2) is 19.4 Å². The van der Waals surface area contributed by atoms with Gasteiger partial charge in [0.25, 0.3) is 0 Å². The predicted molar refractivity (Wildman–Crippen MR) is 171 cm³/mol. The number of nitrogens with zero attached hydrogens (tertiary/aromatic N) is 7. The summed E-state index contributed by atoms with van der Waals surface area (Å²) < 4.78 is 19.9. The molecule has 0 bridgehead atoms. The number of anilines is 3. The van der Waals surface area contributed by atoms with E-state index >= 15 is 0 Å². The van der Waals surface area contributed by atoms with Gasteiger partial charge in [-0.3, -0.25) is 4.98 Å². The fourth-order valence-corrected chi connectivity index (χ4v) is 7.44. The van der Waals surface area contributed by atoms with Crippen molar-refractivity contribution in [2.24, 2.45) is 5.41 Å². The van der Waals surface area contributed by atoms with Crippen LogP contribution in [0.1, 0.15) is 83.8 Å². The van der Waals surface area contributed by atoms with Crippen LogP contribution in [-0.4, -0.2) is 81.4 Å². The second-order valence-corrected chi connectivity index (χ2v) is 14.2. The van der Waals surface area contributed by atoms with Crippen molar-refractivity contribution in [3.05, 3.63) is 29.7 Å². The summed E-state index contributed by atoms with van der Waals surface area (Å²) in [5, 5.41) is 8.30. The van der Waals surface area contributed by atoms with E-state index in [-0.39, 0.29) is 29.9 Å². The average Bonchev–Trinajstić information content (AvgIpc) is 3.54. The van der Waals surface area contributed by atoms with Crippen LogP contribution in [0, 0.1) is 12.3 Å². The zero-order chi connectivity index (χ0) is 31.3. The summed E-state index contributed by atoms with van der Waals surface area (Å²) in [6.07, 6.45) is 8.00. The van der Waals surface area contributed by atoms with Crippen molar-refractivity contribution in [2.45, 2.75) is 104 Å². The zero-order valence-electron chi connectivity index (χ0n) is 27.2. The maximum absolute atomic E-state index is 12.7. The SMILES string of the molecule is Cc1ccc2c(n1)CCCN2c1nn(C2CCCCO2)c2nc(N3CCC4(CC3)CO[C@@H](C)[C@H]4NC(=O)OC(C)(C)C)cnc12. The Bertz CT molecular complexity index is 1550. The number of aromatic nitrogens is 5. The maximum atomic E-state index is 12.7. The Balaban J connectivity index is 1.16. The molecule has 0 radical (unpaired) electrons. The quantitative estimate of drug-likeness (QED) is 0.417. The highest BCUT2D eigenvalue weighted by Crippen LogP contribution is 2.44. The first-order chi connectivity index (χ1) is 21.6. The van der Waals surface area contributed by atoms with Crippen LogP contribution in [0.3, 0.4) is 0 Å². The molecule has 12 nitrogen and oxygen atoms in total. The highest BCUT2D eigenvalue weighted by molar-refractivity contribution is 5.88. The van der Waals surface area contributed by atoms with E-state index < -0.39 is 5.60 Å². The Morgan fingerprint density at radius 3 is 2.67 bits per heavy atom. The smallest absolute Gasteiger partial charge is 0.407 e. The number of hydrogen-bond donors (Lipinski definition) is 1. The second-order valence-electron chi connectivity index (χ2n) is 14.2. The number of piperidine rings is 1. The Hall–Kier alpha value is -3.51. The fraction of sp³-hybridized carbons (Fsp3) is 0.667. The molecule has 45 heavy (non-hydrogen) atoms. The van der Waals surface area contributed by atoms with E-state index in [4.69, 9.17) is 34.3 Å². The fourth-order valence-electron chi connectivity index (χ4n) is 7.44. The summed E-state index contributed by atoms with van der Waals surface area (Å²) in [5.41, 5.74) is 4.07. The van der Waals surface area contributed by atoms with Crippen LogP contribution >= 0.6 is 0 Å². The monoisotopic (exact) mass is 618 g/mol. The van der Waals surface area contributed by atoms with E-state index in [1.54, 1.807) is 0 Å². The highest BCUT2D eigenvalue weighted by atomic mass is 16.6. The first-order valence-electron chi connectivity index (χ1n) is 16.6. The summed E-state index contributed by atoms with van der Waals surface area (Å²) in [6, 6.07) is 4.11. The summed E-state index contributed by atoms with van der Waals surface area (Å²) >= 11 is 0. The summed E-state index contributed by atoms with van der Waals surface area (Å²) in [5.74, 6) is 1.65. The lowest BCUT2D eigenvalue weighted by atomic mass is 9.73. The van der Waals surface area contributed by atoms with Crippen LogP contribution in [0.5, 0.6) is 0 Å². The molecule has 1 N–H and O–H groups in total. The van der Waals surface area contributed by atoms with Gasteiger partial charge in [0, 0.05) is 37.4 Å². The second kappa shape index (κ2) is 11.7. The summed E-state index contributed by atoms with van der Waals surface area (Å²) in [7, 11) is 0. The molecule has 0 aliphatic carbocycles. The molecular formula is C33H46N8O4. The van der Waals surface area contributed by atoms with Gasteiger partial charge >= 0.3 is 6.09 Å². The summed E-state index contributed by atoms with van der Waals surface area (Å²) in [4.78, 5) is 32.3. The molecule has 3 atom stereocenters. The number of pyridine rings is 1. The molecular weight excluding hydrogens is 572 g/mol. The molecule has 4 aliphatic heterocycles. The van der Waals surface area contributed by atoms with Gasteiger partial charge in [-0.05, 0) is 91.7 Å². The van der Waals surface area contributed by atoms with Crippen molar-refractivity contribution in [2.75, 3.05) is 42.6 Å². The lowest BCUT2D eigenvalue weighted by Crippen LogP contribution is -2.55. The van der Waals surface area contributed by atoms with Crippen molar-refractivity contribution in [1.82, 2.24) is 30.0 Å². The average molecular weight is 619 g/mol. The van der Waals surface area contributed by atoms with E-state index in [9.17, 15) is 4.79 Å². The van der Waals surface area contributed by atoms with Crippen LogP contribution in [0.25, 0.3) is 11.2 Å². The molecule has 242 valence electrons. The Morgan fingerprint density at radius 2 is 1.91 bits per heavy atom. The molecule has 7 rings (SSSR count). The van der Waals surface area contributed by atoms with Gasteiger partial charge in [0.15, 0.2) is 23.2 Å². The first kappa shape index (κ1) is 30.2. The van der Waals surface area contributed by atoms with Gasteiger partial charge in [0.05, 0.1) is 36.3 Å². The normalized spacial score (nSPS) is 25.0. The van der Waals surface area contributed by atoms with Gasteiger partial charge in [-0.2, -0.15) is 0 Å². The van der Waals surface area contributed by atoms with E-state index in [0.717, 1.165) is 111 Å². The molecule has 4 aliphatic rings. The number of rotatable bonds is 4. The third-order valence-corrected chi connectivity index (χ3v) is 9.75. The van der Waals surface area contributed by atoms with Crippen molar-refractivity contribution in [3.63, 3.8) is 0 Å². The van der Waals surface area contributed by atoms with Crippen molar-refractivity contribution in [1.29, 1.82) is 0 Å². The Morgan fingerprint density at radius 1 is 1.09 bits per heavy atom. The minimum Gasteiger partial charge on any atom is -0.444 e. The lowest BCUT2D eigenvalue weighted by molar-refractivity contribution is -0.0368. The van der Waals surface area contributed by atoms with Crippen molar-refractivity contribution in [3.8, 4) is 0 Å². The number of carbonyl (C=O) groups excluding carboxylic acids is 1. The van der Waals surface area contributed by atoms with Gasteiger partial charge in [0.1, 0.15) is 11.4 Å². The number of ether oxygens (including phenoxy) is 3. The van der Waals surface area contributed by atoms with Crippen LogP contribution in [0.15, 0.2) is 18.3 Å². The molecule has 0 saturated carbocycles. The highest BCUT2D eigenvalue weighted by Gasteiger charge is 2.50. The van der Waals surface area contributed by atoms with Gasteiger partial charge in [-0.15, -0.1) is 5.10 Å². The third-order valence-electron chi connectivity index (χ3n) is 9.75. The number of carbonyl (C=O) groups is 1. The number of fused-ring (bicyclic) bond motifs is 2. The number of aryl methyl sites for hydroxylation is 2. The minimum atomic E-state index is -0.553. The number of hydrogen-bond acceptors (Lipinski definition) is 10. The molecule has 1 spiro atoms. The molecule has 3 aromatic heterocycles. The number of nitrogens with one attached hydrogen (secondary N) is 1. The topological polar surface area (TPSA) is 120 Å². The van der Waals surface area contributed by atoms with Gasteiger partial charge in [-0.1, -0.05) is 0 Å². The van der Waals surface area contributed by atoms with E-state index in [1.165, 1.54) is 0 Å². The van der Waals surface area contributed by atoms with E-state index in [0.29, 0.717) is 6.61 Å². The molecule has 0 aromatic carbocycles. The standard InChI is InChI=1S/C33H46N8O4/c1-21-11-12-24-23(35-21)9-8-15-40(24)30-27-29(41(38-30)26-10-6-7-18-43-26)36-25(19-34-27)39-16-13-33(14-17-39)20-44-22(2)28(33)37-31(42)45-32(3,4)5/h11-12,19,22,26,28H,6-10,13-18,20H2,1-5H3,(H,37,42)/t22-,26?,28+/m0/s1. The summed E-state index contributed by atoms with van der Waals surface area (Å²) in [6.45, 7) is 13.5. The van der Waals surface area contributed by atoms with Crippen LogP contribution in [0.4, 0.5) is 22.1 Å². The zero-order valence-corrected chi connectivity index (χ0v) is 27.2. The first-order valence-corrected chi connectivity index (χ1v) is 16.6. The van der Waals surface area contributed by atoms with Crippen LogP contribution in [0.2, 0.25) is 0 Å². The van der Waals surface area contributed by atoms with Crippen molar-refractivity contribution < 1.29 is 19.0 Å². The van der Waals surface area contributed by atoms with E-state index in [1.807, 2.05) is 45.5 Å². The lowest BCUT2D eigenvalue weighted by Gasteiger charge is -2.42. The molecule has 3 fully saturated rings. The predicted octanol–water partition coefficient (Wildman–Crippen LogP) is 5.21. The molecule has 1 unspecified atom stereocenters. The minimum absolute atomic E-state index is 0.0810. The molecule has 3 aromatic rings. The number of alkyl carbamates (subject to hydrolysis) is 1. The van der Waals surface area contributed by atoms with Crippen LogP contribution in [-0.2, 0) is 20.6 Å². The molecule has 1 amide bonds. The molecule has 12 heteroatoms. The van der Waals surface area contributed by atoms with Gasteiger partial charge < -0.3 is 29.3 Å². The Labute approximate surface area is 264 Å². The largest absolute Gasteiger partial charge is 0.444 e. The number of amides is 1. The third kappa shape index (κ3) is 5.82. The Kier molecular flexibility index (Phi) is 7.84. The van der Waals surface area contributed by atoms with Crippen LogP contribution < -0.4 is 15.1 Å². The van der Waals surface area contributed by atoms with Gasteiger partial charge in [0.2, 0.25) is 0 Å².